The largest absolute Gasteiger partial charge is 0.301 e. The van der Waals surface area contributed by atoms with E-state index in [2.05, 4.69) is 23.9 Å². The predicted octanol–water partition coefficient (Wildman–Crippen LogP) is 1.63. The summed E-state index contributed by atoms with van der Waals surface area (Å²) in [6, 6.07) is 0.701. The van der Waals surface area contributed by atoms with Gasteiger partial charge in [0.25, 0.3) is 0 Å². The highest BCUT2D eigenvalue weighted by molar-refractivity contribution is 4.77. The van der Waals surface area contributed by atoms with Crippen molar-refractivity contribution in [3.05, 3.63) is 4.91 Å². The highest BCUT2D eigenvalue weighted by Crippen LogP contribution is 2.14. The monoisotopic (exact) mass is 156 g/mol. The molecule has 1 aliphatic rings. The van der Waals surface area contributed by atoms with E-state index in [4.69, 9.17) is 0 Å². The van der Waals surface area contributed by atoms with E-state index in [9.17, 15) is 4.91 Å². The zero-order chi connectivity index (χ0) is 8.27. The molecule has 11 heavy (non-hydrogen) atoms. The number of nitrogens with zero attached hydrogens (tertiary/aromatic N) is 2. The molecule has 0 unspecified atom stereocenters. The van der Waals surface area contributed by atoms with Crippen molar-refractivity contribution in [2.75, 3.05) is 13.1 Å². The van der Waals surface area contributed by atoms with Gasteiger partial charge in [-0.1, -0.05) is 5.18 Å². The third-order valence-corrected chi connectivity index (χ3v) is 2.38. The summed E-state index contributed by atoms with van der Waals surface area (Å²) < 4.78 is 0. The second kappa shape index (κ2) is 3.81. The Balaban J connectivity index is 2.29. The van der Waals surface area contributed by atoms with Gasteiger partial charge in [0.05, 0.1) is 6.04 Å². The first-order valence-electron chi connectivity index (χ1n) is 4.30. The van der Waals surface area contributed by atoms with Crippen molar-refractivity contribution >= 4 is 0 Å². The van der Waals surface area contributed by atoms with Crippen LogP contribution in [-0.2, 0) is 0 Å². The molecule has 0 bridgehead atoms. The average molecular weight is 156 g/mol. The minimum absolute atomic E-state index is 0.0880. The average Bonchev–Trinajstić information content (AvgIpc) is 2.05. The molecule has 0 aromatic rings. The lowest BCUT2D eigenvalue weighted by Crippen LogP contribution is -2.39. The molecule has 0 amide bonds. The molecule has 1 saturated heterocycles. The van der Waals surface area contributed by atoms with Gasteiger partial charge in [0.2, 0.25) is 0 Å². The highest BCUT2D eigenvalue weighted by Gasteiger charge is 2.20. The van der Waals surface area contributed by atoms with E-state index in [-0.39, 0.29) is 6.04 Å². The van der Waals surface area contributed by atoms with Crippen molar-refractivity contribution in [3.63, 3.8) is 0 Å². The topological polar surface area (TPSA) is 32.7 Å². The van der Waals surface area contributed by atoms with Gasteiger partial charge < -0.3 is 4.90 Å². The van der Waals surface area contributed by atoms with Gasteiger partial charge in [-0.15, -0.1) is 0 Å². The van der Waals surface area contributed by atoms with E-state index in [1.54, 1.807) is 0 Å². The predicted molar refractivity (Wildman–Crippen MR) is 45.5 cm³/mol. The van der Waals surface area contributed by atoms with Crippen molar-refractivity contribution in [1.29, 1.82) is 0 Å². The summed E-state index contributed by atoms with van der Waals surface area (Å²) in [5.74, 6) is 0. The first-order chi connectivity index (χ1) is 5.24. The zero-order valence-electron chi connectivity index (χ0n) is 7.29. The molecule has 1 heterocycles. The molecule has 1 fully saturated rings. The summed E-state index contributed by atoms with van der Waals surface area (Å²) in [4.78, 5) is 12.6. The Morgan fingerprint density at radius 1 is 1.36 bits per heavy atom. The summed E-state index contributed by atoms with van der Waals surface area (Å²) in [5, 5.41) is 3.06. The number of piperidine rings is 1. The maximum Gasteiger partial charge on any atom is 0.0944 e. The Kier molecular flexibility index (Phi) is 3.00. The van der Waals surface area contributed by atoms with E-state index in [0.717, 1.165) is 25.9 Å². The van der Waals surface area contributed by atoms with Gasteiger partial charge in [-0.2, -0.15) is 4.91 Å². The van der Waals surface area contributed by atoms with E-state index in [1.165, 1.54) is 0 Å². The molecule has 1 aliphatic heterocycles. The highest BCUT2D eigenvalue weighted by atomic mass is 16.3. The molecule has 0 aromatic carbocycles. The molecule has 0 aromatic heterocycles. The van der Waals surface area contributed by atoms with Crippen molar-refractivity contribution in [3.8, 4) is 0 Å². The van der Waals surface area contributed by atoms with Gasteiger partial charge in [0.15, 0.2) is 0 Å². The van der Waals surface area contributed by atoms with Crippen molar-refractivity contribution in [1.82, 2.24) is 4.90 Å². The van der Waals surface area contributed by atoms with Crippen LogP contribution in [0.15, 0.2) is 5.18 Å². The number of likely N-dealkylation sites (tertiary alicyclic amines) is 1. The van der Waals surface area contributed by atoms with E-state index in [0.29, 0.717) is 6.04 Å². The van der Waals surface area contributed by atoms with E-state index in [1.807, 2.05) is 0 Å². The van der Waals surface area contributed by atoms with Crippen LogP contribution < -0.4 is 0 Å². The first-order valence-corrected chi connectivity index (χ1v) is 4.30. The Hall–Kier alpha value is -0.440. The summed E-state index contributed by atoms with van der Waals surface area (Å²) >= 11 is 0. The van der Waals surface area contributed by atoms with E-state index < -0.39 is 0 Å². The third kappa shape index (κ3) is 2.26. The van der Waals surface area contributed by atoms with E-state index >= 15 is 0 Å². The van der Waals surface area contributed by atoms with Gasteiger partial charge >= 0.3 is 0 Å². The quantitative estimate of drug-likeness (QED) is 0.569. The maximum atomic E-state index is 10.2. The molecule has 3 heteroatoms. The molecule has 0 aliphatic carbocycles. The van der Waals surface area contributed by atoms with Gasteiger partial charge in [0.1, 0.15) is 0 Å². The Bertz CT molecular complexity index is 128. The standard InChI is InChI=1S/C8H16N2O/c1-7(2)10-5-3-8(9-11)4-6-10/h7-8H,3-6H2,1-2H3. The number of nitroso groups, excluding NO2 is 1. The number of rotatable bonds is 2. The summed E-state index contributed by atoms with van der Waals surface area (Å²) in [6.07, 6.45) is 1.89. The summed E-state index contributed by atoms with van der Waals surface area (Å²) in [6.45, 7) is 6.45. The van der Waals surface area contributed by atoms with Crippen LogP contribution in [0.1, 0.15) is 26.7 Å². The van der Waals surface area contributed by atoms with Crippen molar-refractivity contribution in [2.45, 2.75) is 38.8 Å². The van der Waals surface area contributed by atoms with Gasteiger partial charge in [0, 0.05) is 19.1 Å². The van der Waals surface area contributed by atoms with Crippen LogP contribution in [0.3, 0.4) is 0 Å². The third-order valence-electron chi connectivity index (χ3n) is 2.38. The normalized spacial score (nSPS) is 22.5. The Labute approximate surface area is 67.7 Å². The van der Waals surface area contributed by atoms with Crippen molar-refractivity contribution < 1.29 is 0 Å². The molecular formula is C8H16N2O. The Morgan fingerprint density at radius 2 is 1.91 bits per heavy atom. The fraction of sp³-hybridized carbons (Fsp3) is 1.00. The first kappa shape index (κ1) is 8.65. The Morgan fingerprint density at radius 3 is 2.27 bits per heavy atom. The van der Waals surface area contributed by atoms with Crippen LogP contribution in [0.5, 0.6) is 0 Å². The summed E-state index contributed by atoms with van der Waals surface area (Å²) in [7, 11) is 0. The molecule has 0 N–H and O–H groups in total. The fourth-order valence-electron chi connectivity index (χ4n) is 1.51. The number of hydrogen-bond acceptors (Lipinski definition) is 3. The van der Waals surface area contributed by atoms with Crippen LogP contribution in [0.4, 0.5) is 0 Å². The minimum Gasteiger partial charge on any atom is -0.301 e. The van der Waals surface area contributed by atoms with Gasteiger partial charge in [-0.3, -0.25) is 0 Å². The molecule has 0 atom stereocenters. The lowest BCUT2D eigenvalue weighted by atomic mass is 10.1. The fourth-order valence-corrected chi connectivity index (χ4v) is 1.51. The van der Waals surface area contributed by atoms with Crippen LogP contribution in [-0.4, -0.2) is 30.1 Å². The van der Waals surface area contributed by atoms with Gasteiger partial charge in [-0.05, 0) is 26.7 Å². The molecule has 3 nitrogen and oxygen atoms in total. The van der Waals surface area contributed by atoms with Crippen LogP contribution in [0.2, 0.25) is 0 Å². The maximum absolute atomic E-state index is 10.2. The molecular weight excluding hydrogens is 140 g/mol. The molecule has 1 rings (SSSR count). The van der Waals surface area contributed by atoms with Gasteiger partial charge in [-0.25, -0.2) is 0 Å². The zero-order valence-corrected chi connectivity index (χ0v) is 7.29. The van der Waals surface area contributed by atoms with Crippen LogP contribution in [0.25, 0.3) is 0 Å². The molecule has 0 saturated carbocycles. The summed E-state index contributed by atoms with van der Waals surface area (Å²) in [5.41, 5.74) is 0. The SMILES string of the molecule is CC(C)N1CCC(N=O)CC1. The second-order valence-corrected chi connectivity index (χ2v) is 3.47. The van der Waals surface area contributed by atoms with Crippen molar-refractivity contribution in [2.24, 2.45) is 5.18 Å². The lowest BCUT2D eigenvalue weighted by Gasteiger charge is -2.31. The molecule has 0 spiro atoms. The minimum atomic E-state index is 0.0880. The lowest BCUT2D eigenvalue weighted by molar-refractivity contribution is 0.173. The van der Waals surface area contributed by atoms with Crippen LogP contribution in [0, 0.1) is 4.91 Å². The van der Waals surface area contributed by atoms with Crippen LogP contribution >= 0.6 is 0 Å². The number of hydrogen-bond donors (Lipinski definition) is 0. The molecule has 64 valence electrons. The second-order valence-electron chi connectivity index (χ2n) is 3.47. The molecule has 0 radical (unpaired) electrons. The smallest absolute Gasteiger partial charge is 0.0944 e.